The van der Waals surface area contributed by atoms with Gasteiger partial charge in [0.1, 0.15) is 11.5 Å². The summed E-state index contributed by atoms with van der Waals surface area (Å²) in [7, 11) is 4.81. The van der Waals surface area contributed by atoms with Crippen LogP contribution in [0.4, 0.5) is 0 Å². The summed E-state index contributed by atoms with van der Waals surface area (Å²) in [6.07, 6.45) is 0.284. The second-order valence-electron chi connectivity index (χ2n) is 3.67. The SMILES string of the molecule is COc1ccc(OC)c(CC(C)S(=O)(=O)Cl)c1. The molecule has 0 fully saturated rings. The molecular weight excluding hydrogens is 264 g/mol. The van der Waals surface area contributed by atoms with Gasteiger partial charge in [0.15, 0.2) is 0 Å². The van der Waals surface area contributed by atoms with Gasteiger partial charge in [0.2, 0.25) is 9.05 Å². The van der Waals surface area contributed by atoms with Crippen molar-refractivity contribution in [2.45, 2.75) is 18.6 Å². The quantitative estimate of drug-likeness (QED) is 0.775. The number of methoxy groups -OCH3 is 2. The van der Waals surface area contributed by atoms with Gasteiger partial charge in [-0.25, -0.2) is 8.42 Å². The molecule has 1 aromatic carbocycles. The van der Waals surface area contributed by atoms with Crippen LogP contribution >= 0.6 is 10.7 Å². The van der Waals surface area contributed by atoms with Crippen LogP contribution in [0.25, 0.3) is 0 Å². The van der Waals surface area contributed by atoms with Crippen LogP contribution in [-0.4, -0.2) is 27.9 Å². The maximum atomic E-state index is 11.2. The third-order valence-electron chi connectivity index (χ3n) is 2.48. The molecule has 0 aliphatic carbocycles. The van der Waals surface area contributed by atoms with Crippen LogP contribution in [0.5, 0.6) is 11.5 Å². The molecule has 0 aliphatic rings. The fourth-order valence-corrected chi connectivity index (χ4v) is 2.02. The molecule has 0 amide bonds. The average Bonchev–Trinajstić information content (AvgIpc) is 2.27. The van der Waals surface area contributed by atoms with Crippen LogP contribution in [0, 0.1) is 0 Å². The summed E-state index contributed by atoms with van der Waals surface area (Å²) in [6.45, 7) is 1.56. The van der Waals surface area contributed by atoms with E-state index in [1.807, 2.05) is 0 Å². The van der Waals surface area contributed by atoms with Gasteiger partial charge in [-0.05, 0) is 37.1 Å². The van der Waals surface area contributed by atoms with E-state index >= 15 is 0 Å². The largest absolute Gasteiger partial charge is 0.497 e. The Labute approximate surface area is 106 Å². The predicted octanol–water partition coefficient (Wildman–Crippen LogP) is 2.20. The third-order valence-corrected chi connectivity index (χ3v) is 4.52. The van der Waals surface area contributed by atoms with E-state index in [1.165, 1.54) is 7.11 Å². The topological polar surface area (TPSA) is 52.6 Å². The molecule has 96 valence electrons. The van der Waals surface area contributed by atoms with Crippen LogP contribution < -0.4 is 9.47 Å². The molecule has 1 rings (SSSR count). The van der Waals surface area contributed by atoms with Gasteiger partial charge in [0, 0.05) is 10.7 Å². The first-order chi connectivity index (χ1) is 7.88. The van der Waals surface area contributed by atoms with Crippen LogP contribution in [0.2, 0.25) is 0 Å². The van der Waals surface area contributed by atoms with Gasteiger partial charge in [0.05, 0.1) is 19.5 Å². The molecule has 0 N–H and O–H groups in total. The molecule has 0 radical (unpaired) electrons. The Balaban J connectivity index is 3.03. The van der Waals surface area contributed by atoms with E-state index in [2.05, 4.69) is 0 Å². The van der Waals surface area contributed by atoms with Crippen molar-refractivity contribution in [1.29, 1.82) is 0 Å². The first-order valence-corrected chi connectivity index (χ1v) is 7.40. The Kier molecular flexibility index (Phi) is 4.65. The van der Waals surface area contributed by atoms with E-state index < -0.39 is 14.3 Å². The number of rotatable bonds is 5. The molecule has 0 saturated heterocycles. The zero-order valence-corrected chi connectivity index (χ0v) is 11.5. The molecule has 0 aromatic heterocycles. The fourth-order valence-electron chi connectivity index (χ4n) is 1.45. The summed E-state index contributed by atoms with van der Waals surface area (Å²) in [5.41, 5.74) is 0.753. The Morgan fingerprint density at radius 2 is 1.94 bits per heavy atom. The number of halogens is 1. The van der Waals surface area contributed by atoms with E-state index in [0.717, 1.165) is 5.56 Å². The summed E-state index contributed by atoms with van der Waals surface area (Å²) in [4.78, 5) is 0. The minimum Gasteiger partial charge on any atom is -0.497 e. The number of ether oxygens (including phenoxy) is 2. The molecule has 0 heterocycles. The summed E-state index contributed by atoms with van der Waals surface area (Å²) < 4.78 is 32.6. The first-order valence-electron chi connectivity index (χ1n) is 5.03. The minimum atomic E-state index is -3.57. The first kappa shape index (κ1) is 14.1. The molecule has 4 nitrogen and oxygen atoms in total. The van der Waals surface area contributed by atoms with Crippen molar-refractivity contribution in [1.82, 2.24) is 0 Å². The number of benzene rings is 1. The zero-order chi connectivity index (χ0) is 13.1. The van der Waals surface area contributed by atoms with Gasteiger partial charge >= 0.3 is 0 Å². The molecule has 0 bridgehead atoms. The highest BCUT2D eigenvalue weighted by Crippen LogP contribution is 2.26. The summed E-state index contributed by atoms with van der Waals surface area (Å²) in [5, 5.41) is -0.676. The van der Waals surface area contributed by atoms with Crippen LogP contribution in [-0.2, 0) is 15.5 Å². The molecule has 0 saturated carbocycles. The highest BCUT2D eigenvalue weighted by Gasteiger charge is 2.20. The minimum absolute atomic E-state index is 0.284. The van der Waals surface area contributed by atoms with Gasteiger partial charge in [-0.3, -0.25) is 0 Å². The lowest BCUT2D eigenvalue weighted by Gasteiger charge is -2.13. The van der Waals surface area contributed by atoms with Crippen molar-refractivity contribution in [3.05, 3.63) is 23.8 Å². The van der Waals surface area contributed by atoms with Gasteiger partial charge in [0.25, 0.3) is 0 Å². The van der Waals surface area contributed by atoms with Gasteiger partial charge in [-0.15, -0.1) is 0 Å². The van der Waals surface area contributed by atoms with Gasteiger partial charge < -0.3 is 9.47 Å². The fraction of sp³-hybridized carbons (Fsp3) is 0.455. The molecule has 1 atom stereocenters. The standard InChI is InChI=1S/C11H15ClO4S/c1-8(17(12,13)14)6-9-7-10(15-2)4-5-11(9)16-3/h4-5,7-8H,6H2,1-3H3. The molecule has 0 spiro atoms. The van der Waals surface area contributed by atoms with E-state index in [0.29, 0.717) is 11.5 Å². The van der Waals surface area contributed by atoms with E-state index in [4.69, 9.17) is 20.2 Å². The lowest BCUT2D eigenvalue weighted by molar-refractivity contribution is 0.398. The average molecular weight is 279 g/mol. The van der Waals surface area contributed by atoms with Crippen LogP contribution in [0.3, 0.4) is 0 Å². The Hall–Kier alpha value is -0.940. The van der Waals surface area contributed by atoms with E-state index in [1.54, 1.807) is 32.2 Å². The highest BCUT2D eigenvalue weighted by molar-refractivity contribution is 8.14. The number of hydrogen-bond acceptors (Lipinski definition) is 4. The maximum Gasteiger partial charge on any atom is 0.235 e. The van der Waals surface area contributed by atoms with Crippen molar-refractivity contribution in [3.8, 4) is 11.5 Å². The monoisotopic (exact) mass is 278 g/mol. The molecule has 6 heteroatoms. The summed E-state index contributed by atoms with van der Waals surface area (Å²) in [6, 6.07) is 5.24. The Bertz CT molecular complexity index is 484. The Morgan fingerprint density at radius 3 is 2.41 bits per heavy atom. The van der Waals surface area contributed by atoms with Gasteiger partial charge in [-0.1, -0.05) is 0 Å². The molecule has 1 unspecified atom stereocenters. The second-order valence-corrected chi connectivity index (χ2v) is 6.71. The zero-order valence-electron chi connectivity index (χ0n) is 9.94. The predicted molar refractivity (Wildman–Crippen MR) is 67.5 cm³/mol. The second kappa shape index (κ2) is 5.60. The summed E-state index contributed by atoms with van der Waals surface area (Å²) >= 11 is 0. The van der Waals surface area contributed by atoms with Crippen molar-refractivity contribution < 1.29 is 17.9 Å². The maximum absolute atomic E-state index is 11.2. The van der Waals surface area contributed by atoms with Crippen molar-refractivity contribution in [2.75, 3.05) is 14.2 Å². The molecular formula is C11H15ClO4S. The third kappa shape index (κ3) is 3.78. The van der Waals surface area contributed by atoms with E-state index in [-0.39, 0.29) is 6.42 Å². The van der Waals surface area contributed by atoms with Gasteiger partial charge in [-0.2, -0.15) is 0 Å². The lowest BCUT2D eigenvalue weighted by atomic mass is 10.1. The van der Waals surface area contributed by atoms with Crippen LogP contribution in [0.1, 0.15) is 12.5 Å². The van der Waals surface area contributed by atoms with Crippen LogP contribution in [0.15, 0.2) is 18.2 Å². The molecule has 0 aliphatic heterocycles. The highest BCUT2D eigenvalue weighted by atomic mass is 35.7. The molecule has 1 aromatic rings. The smallest absolute Gasteiger partial charge is 0.235 e. The summed E-state index contributed by atoms with van der Waals surface area (Å²) in [5.74, 6) is 1.28. The lowest BCUT2D eigenvalue weighted by Crippen LogP contribution is -2.15. The Morgan fingerprint density at radius 1 is 1.29 bits per heavy atom. The molecule has 17 heavy (non-hydrogen) atoms. The van der Waals surface area contributed by atoms with Crippen molar-refractivity contribution >= 4 is 19.7 Å². The number of hydrogen-bond donors (Lipinski definition) is 0. The normalized spacial score (nSPS) is 13.2. The van der Waals surface area contributed by atoms with E-state index in [9.17, 15) is 8.42 Å². The van der Waals surface area contributed by atoms with Crippen molar-refractivity contribution in [2.24, 2.45) is 0 Å². The van der Waals surface area contributed by atoms with Crippen molar-refractivity contribution in [3.63, 3.8) is 0 Å².